The minimum absolute atomic E-state index is 0.00832. The number of benzene rings is 1. The van der Waals surface area contributed by atoms with Crippen molar-refractivity contribution in [3.63, 3.8) is 0 Å². The van der Waals surface area contributed by atoms with Crippen molar-refractivity contribution >= 4 is 19.7 Å². The maximum atomic E-state index is 11.4. The molecule has 1 saturated carbocycles. The zero-order valence-electron chi connectivity index (χ0n) is 10.8. The molecule has 19 heavy (non-hydrogen) atoms. The van der Waals surface area contributed by atoms with Crippen LogP contribution >= 0.6 is 10.7 Å². The Morgan fingerprint density at radius 1 is 1.11 bits per heavy atom. The summed E-state index contributed by atoms with van der Waals surface area (Å²) in [7, 11) is 1.96. The van der Waals surface area contributed by atoms with Gasteiger partial charge in [-0.25, -0.2) is 8.42 Å². The first-order valence-electron chi connectivity index (χ1n) is 6.59. The lowest BCUT2D eigenvalue weighted by Gasteiger charge is -2.35. The number of para-hydroxylation sites is 1. The molecule has 1 aromatic carbocycles. The van der Waals surface area contributed by atoms with Gasteiger partial charge < -0.3 is 4.74 Å². The van der Waals surface area contributed by atoms with Crippen LogP contribution in [0.3, 0.4) is 0 Å². The van der Waals surface area contributed by atoms with Crippen molar-refractivity contribution < 1.29 is 13.2 Å². The minimum Gasteiger partial charge on any atom is -0.493 e. The smallest absolute Gasteiger partial charge is 0.233 e. The van der Waals surface area contributed by atoms with Crippen LogP contribution in [0.5, 0.6) is 5.75 Å². The highest BCUT2D eigenvalue weighted by molar-refractivity contribution is 8.13. The Hall–Kier alpha value is -0.740. The lowest BCUT2D eigenvalue weighted by Crippen LogP contribution is -2.36. The molecule has 0 radical (unpaired) electrons. The van der Waals surface area contributed by atoms with Crippen LogP contribution < -0.4 is 4.74 Å². The Bertz CT molecular complexity index is 493. The normalized spacial score (nSPS) is 19.0. The van der Waals surface area contributed by atoms with Gasteiger partial charge in [0, 0.05) is 16.1 Å². The first kappa shape index (κ1) is 14.7. The molecular weight excluding hydrogens is 284 g/mol. The second kappa shape index (κ2) is 6.14. The molecule has 0 amide bonds. The number of ether oxygens (including phenoxy) is 1. The van der Waals surface area contributed by atoms with Crippen LogP contribution in [0.2, 0.25) is 0 Å². The van der Waals surface area contributed by atoms with Crippen LogP contribution in [0.1, 0.15) is 32.1 Å². The maximum absolute atomic E-state index is 11.4. The van der Waals surface area contributed by atoms with Crippen LogP contribution in [0.25, 0.3) is 0 Å². The molecule has 1 aromatic rings. The molecule has 0 unspecified atom stereocenters. The van der Waals surface area contributed by atoms with E-state index in [-0.39, 0.29) is 11.2 Å². The van der Waals surface area contributed by atoms with Crippen molar-refractivity contribution in [1.29, 1.82) is 0 Å². The molecule has 0 bridgehead atoms. The van der Waals surface area contributed by atoms with Crippen molar-refractivity contribution in [3.05, 3.63) is 30.3 Å². The number of hydrogen-bond acceptors (Lipinski definition) is 3. The average Bonchev–Trinajstić information content (AvgIpc) is 2.37. The molecule has 0 N–H and O–H groups in total. The second-order valence-electron chi connectivity index (χ2n) is 5.35. The molecule has 3 nitrogen and oxygen atoms in total. The minimum atomic E-state index is -3.49. The summed E-state index contributed by atoms with van der Waals surface area (Å²) in [5.41, 5.74) is -0.325. The fourth-order valence-corrected chi connectivity index (χ4v) is 4.55. The molecule has 1 fully saturated rings. The van der Waals surface area contributed by atoms with E-state index in [9.17, 15) is 8.42 Å². The molecule has 0 aliphatic heterocycles. The SMILES string of the molecule is O=S(=O)(Cl)CC1(COc2ccccc2)CCCCC1. The molecule has 1 aliphatic carbocycles. The molecule has 2 rings (SSSR count). The highest BCUT2D eigenvalue weighted by Crippen LogP contribution is 2.38. The summed E-state index contributed by atoms with van der Waals surface area (Å²) >= 11 is 0. The number of halogens is 1. The van der Waals surface area contributed by atoms with Gasteiger partial charge in [-0.1, -0.05) is 37.5 Å². The molecule has 0 aromatic heterocycles. The molecule has 106 valence electrons. The Morgan fingerprint density at radius 2 is 1.74 bits per heavy atom. The largest absolute Gasteiger partial charge is 0.493 e. The lowest BCUT2D eigenvalue weighted by molar-refractivity contribution is 0.119. The number of rotatable bonds is 5. The van der Waals surface area contributed by atoms with Gasteiger partial charge in [0.05, 0.1) is 12.4 Å². The van der Waals surface area contributed by atoms with Crippen molar-refractivity contribution in [2.75, 3.05) is 12.4 Å². The van der Waals surface area contributed by atoms with Gasteiger partial charge in [-0.3, -0.25) is 0 Å². The predicted molar refractivity (Wildman–Crippen MR) is 77.1 cm³/mol. The first-order chi connectivity index (χ1) is 8.99. The van der Waals surface area contributed by atoms with E-state index in [1.54, 1.807) is 0 Å². The summed E-state index contributed by atoms with van der Waals surface area (Å²) < 4.78 is 28.6. The Labute approximate surface area is 119 Å². The third-order valence-corrected chi connectivity index (χ3v) is 4.97. The Morgan fingerprint density at radius 3 is 2.32 bits per heavy atom. The molecule has 1 aliphatic rings. The third-order valence-electron chi connectivity index (χ3n) is 3.68. The van der Waals surface area contributed by atoms with E-state index >= 15 is 0 Å². The molecular formula is C14H19ClO3S. The van der Waals surface area contributed by atoms with E-state index in [4.69, 9.17) is 15.4 Å². The topological polar surface area (TPSA) is 43.4 Å². The van der Waals surface area contributed by atoms with Crippen LogP contribution in [0, 0.1) is 5.41 Å². The first-order valence-corrected chi connectivity index (χ1v) is 9.07. The van der Waals surface area contributed by atoms with Gasteiger partial charge >= 0.3 is 0 Å². The molecule has 0 saturated heterocycles. The molecule has 0 heterocycles. The fraction of sp³-hybridized carbons (Fsp3) is 0.571. The molecule has 5 heteroatoms. The van der Waals surface area contributed by atoms with Gasteiger partial charge in [0.15, 0.2) is 0 Å². The van der Waals surface area contributed by atoms with Crippen LogP contribution in [0.15, 0.2) is 30.3 Å². The van der Waals surface area contributed by atoms with E-state index in [1.807, 2.05) is 30.3 Å². The highest BCUT2D eigenvalue weighted by atomic mass is 35.7. The monoisotopic (exact) mass is 302 g/mol. The fourth-order valence-electron chi connectivity index (χ4n) is 2.75. The van der Waals surface area contributed by atoms with Crippen LogP contribution in [0.4, 0.5) is 0 Å². The Kier molecular flexibility index (Phi) is 4.74. The van der Waals surface area contributed by atoms with E-state index in [0.717, 1.165) is 37.9 Å². The van der Waals surface area contributed by atoms with Crippen LogP contribution in [-0.2, 0) is 9.05 Å². The summed E-state index contributed by atoms with van der Waals surface area (Å²) in [4.78, 5) is 0. The van der Waals surface area contributed by atoms with Crippen molar-refractivity contribution in [3.8, 4) is 5.75 Å². The van der Waals surface area contributed by atoms with Gasteiger partial charge in [0.2, 0.25) is 9.05 Å². The van der Waals surface area contributed by atoms with E-state index in [0.29, 0.717) is 6.61 Å². The average molecular weight is 303 g/mol. The summed E-state index contributed by atoms with van der Waals surface area (Å²) in [5.74, 6) is 0.786. The van der Waals surface area contributed by atoms with E-state index < -0.39 is 9.05 Å². The van der Waals surface area contributed by atoms with Gasteiger partial charge in [-0.2, -0.15) is 0 Å². The van der Waals surface area contributed by atoms with Crippen LogP contribution in [-0.4, -0.2) is 20.8 Å². The zero-order valence-corrected chi connectivity index (χ0v) is 12.4. The maximum Gasteiger partial charge on any atom is 0.233 e. The highest BCUT2D eigenvalue weighted by Gasteiger charge is 2.37. The third kappa shape index (κ3) is 4.69. The van der Waals surface area contributed by atoms with Gasteiger partial charge in [-0.15, -0.1) is 0 Å². The zero-order chi connectivity index (χ0) is 13.8. The summed E-state index contributed by atoms with van der Waals surface area (Å²) in [6.07, 6.45) is 4.99. The van der Waals surface area contributed by atoms with Gasteiger partial charge in [0.25, 0.3) is 0 Å². The van der Waals surface area contributed by atoms with E-state index in [1.165, 1.54) is 0 Å². The molecule has 0 spiro atoms. The van der Waals surface area contributed by atoms with Gasteiger partial charge in [0.1, 0.15) is 5.75 Å². The van der Waals surface area contributed by atoms with Gasteiger partial charge in [-0.05, 0) is 25.0 Å². The standard InChI is InChI=1S/C14H19ClO3S/c15-19(16,17)12-14(9-5-2-6-10-14)11-18-13-7-3-1-4-8-13/h1,3-4,7-8H,2,5-6,9-12H2. The summed E-state index contributed by atoms with van der Waals surface area (Å²) in [6, 6.07) is 9.49. The van der Waals surface area contributed by atoms with E-state index in [2.05, 4.69) is 0 Å². The Balaban J connectivity index is 2.05. The summed E-state index contributed by atoms with van der Waals surface area (Å²) in [6.45, 7) is 0.420. The summed E-state index contributed by atoms with van der Waals surface area (Å²) in [5, 5.41) is 0. The quantitative estimate of drug-likeness (QED) is 0.781. The molecule has 0 atom stereocenters. The second-order valence-corrected chi connectivity index (χ2v) is 8.12. The predicted octanol–water partition coefficient (Wildman–Crippen LogP) is 3.58. The number of hydrogen-bond donors (Lipinski definition) is 0. The van der Waals surface area contributed by atoms with Crippen molar-refractivity contribution in [1.82, 2.24) is 0 Å². The van der Waals surface area contributed by atoms with Crippen molar-refractivity contribution in [2.24, 2.45) is 5.41 Å². The van der Waals surface area contributed by atoms with Crippen molar-refractivity contribution in [2.45, 2.75) is 32.1 Å². The lowest BCUT2D eigenvalue weighted by atomic mass is 9.76.